The van der Waals surface area contributed by atoms with Gasteiger partial charge in [-0.05, 0) is 67.7 Å². The highest BCUT2D eigenvalue weighted by molar-refractivity contribution is 8.00. The summed E-state index contributed by atoms with van der Waals surface area (Å²) in [5, 5.41) is 5.12. The smallest absolute Gasteiger partial charge is 0.230 e. The summed E-state index contributed by atoms with van der Waals surface area (Å²) < 4.78 is 0. The highest BCUT2D eigenvalue weighted by Crippen LogP contribution is 2.37. The summed E-state index contributed by atoms with van der Waals surface area (Å²) in [5.74, 6) is 1.84. The van der Waals surface area contributed by atoms with E-state index in [2.05, 4.69) is 19.2 Å². The molecule has 4 rings (SSSR count). The van der Waals surface area contributed by atoms with E-state index in [1.807, 2.05) is 18.2 Å². The number of hydrogen-bond donors (Lipinski definition) is 1. The van der Waals surface area contributed by atoms with Gasteiger partial charge in [-0.15, -0.1) is 11.8 Å². The number of rotatable bonds is 4. The average molecular weight is 417 g/mol. The largest absolute Gasteiger partial charge is 0.352 e. The Morgan fingerprint density at radius 2 is 2.04 bits per heavy atom. The highest BCUT2D eigenvalue weighted by atomic mass is 35.5. The van der Waals surface area contributed by atoms with E-state index in [4.69, 9.17) is 16.6 Å². The number of halogens is 1. The maximum atomic E-state index is 12.7. The summed E-state index contributed by atoms with van der Waals surface area (Å²) in [5.41, 5.74) is 3.53. The summed E-state index contributed by atoms with van der Waals surface area (Å²) in [7, 11) is 0. The van der Waals surface area contributed by atoms with Crippen LogP contribution in [0.4, 0.5) is 0 Å². The van der Waals surface area contributed by atoms with Gasteiger partial charge in [0.15, 0.2) is 0 Å². The molecule has 1 saturated carbocycles. The first-order valence-corrected chi connectivity index (χ1v) is 11.9. The molecular weight excluding hydrogens is 388 g/mol. The minimum atomic E-state index is 0.146. The summed E-state index contributed by atoms with van der Waals surface area (Å²) in [6.07, 6.45) is 8.06. The van der Waals surface area contributed by atoms with Crippen molar-refractivity contribution in [3.05, 3.63) is 34.5 Å². The molecular formula is C23H29ClN2OS. The van der Waals surface area contributed by atoms with Gasteiger partial charge in [0.1, 0.15) is 0 Å². The van der Waals surface area contributed by atoms with Crippen LogP contribution in [0.2, 0.25) is 5.02 Å². The van der Waals surface area contributed by atoms with Crippen molar-refractivity contribution in [2.24, 2.45) is 11.8 Å². The minimum Gasteiger partial charge on any atom is -0.352 e. The van der Waals surface area contributed by atoms with E-state index in [-0.39, 0.29) is 5.91 Å². The molecule has 0 radical (unpaired) electrons. The first-order valence-electron chi connectivity index (χ1n) is 10.6. The van der Waals surface area contributed by atoms with Crippen LogP contribution in [-0.4, -0.2) is 22.7 Å². The second-order valence-electron chi connectivity index (χ2n) is 8.46. The van der Waals surface area contributed by atoms with Crippen LogP contribution in [0.3, 0.4) is 0 Å². The molecule has 1 aromatic carbocycles. The molecule has 0 bridgehead atoms. The topological polar surface area (TPSA) is 42.0 Å². The molecule has 0 saturated heterocycles. The van der Waals surface area contributed by atoms with Crippen molar-refractivity contribution in [2.75, 3.05) is 5.75 Å². The molecule has 2 aliphatic rings. The summed E-state index contributed by atoms with van der Waals surface area (Å²) >= 11 is 7.94. The molecule has 0 aliphatic heterocycles. The number of thioether (sulfide) groups is 1. The van der Waals surface area contributed by atoms with Crippen molar-refractivity contribution in [3.63, 3.8) is 0 Å². The Hall–Kier alpha value is -1.26. The predicted octanol–water partition coefficient (Wildman–Crippen LogP) is 5.80. The van der Waals surface area contributed by atoms with Crippen molar-refractivity contribution < 1.29 is 4.79 Å². The van der Waals surface area contributed by atoms with Crippen LogP contribution in [0, 0.1) is 11.8 Å². The zero-order chi connectivity index (χ0) is 19.7. The number of nitrogens with zero attached hydrogens (tertiary/aromatic N) is 1. The Labute approximate surface area is 177 Å². The van der Waals surface area contributed by atoms with Crippen molar-refractivity contribution in [1.82, 2.24) is 10.3 Å². The Morgan fingerprint density at radius 1 is 1.21 bits per heavy atom. The molecule has 28 heavy (non-hydrogen) atoms. The number of benzene rings is 1. The Kier molecular flexibility index (Phi) is 6.17. The lowest BCUT2D eigenvalue weighted by molar-refractivity contribution is -0.119. The fourth-order valence-electron chi connectivity index (χ4n) is 4.69. The molecule has 2 aromatic rings. The molecule has 5 heteroatoms. The van der Waals surface area contributed by atoms with Gasteiger partial charge in [-0.25, -0.2) is 0 Å². The molecule has 150 valence electrons. The van der Waals surface area contributed by atoms with Crippen LogP contribution in [0.1, 0.15) is 57.2 Å². The van der Waals surface area contributed by atoms with E-state index in [1.54, 1.807) is 11.8 Å². The van der Waals surface area contributed by atoms with E-state index in [1.165, 1.54) is 41.8 Å². The normalized spacial score (nSPS) is 24.8. The van der Waals surface area contributed by atoms with Gasteiger partial charge in [0, 0.05) is 27.0 Å². The lowest BCUT2D eigenvalue weighted by atomic mass is 9.78. The summed E-state index contributed by atoms with van der Waals surface area (Å²) in [4.78, 5) is 18.8. The van der Waals surface area contributed by atoms with Gasteiger partial charge < -0.3 is 5.32 Å². The molecule has 2 aliphatic carbocycles. The number of carbonyl (C=O) groups excluding carboxylic acids is 1. The lowest BCUT2D eigenvalue weighted by Gasteiger charge is -2.34. The van der Waals surface area contributed by atoms with Crippen molar-refractivity contribution >= 4 is 40.2 Å². The second-order valence-corrected chi connectivity index (χ2v) is 9.89. The van der Waals surface area contributed by atoms with Gasteiger partial charge in [-0.2, -0.15) is 0 Å². The van der Waals surface area contributed by atoms with Crippen molar-refractivity contribution in [2.45, 2.75) is 69.7 Å². The number of fused-ring (bicyclic) bond motifs is 2. The third-order valence-corrected chi connectivity index (χ3v) is 7.97. The SMILES string of the molecule is C[C@@H]1[C@H](C)CCC[C@H]1NC(=O)CSc1c2c(nc3ccc(Cl)cc13)CCCC2. The number of amides is 1. The first-order chi connectivity index (χ1) is 13.5. The fourth-order valence-corrected chi connectivity index (χ4v) is 5.93. The van der Waals surface area contributed by atoms with Gasteiger partial charge in [-0.1, -0.05) is 38.3 Å². The number of pyridine rings is 1. The highest BCUT2D eigenvalue weighted by Gasteiger charge is 2.28. The van der Waals surface area contributed by atoms with Gasteiger partial charge >= 0.3 is 0 Å². The van der Waals surface area contributed by atoms with Crippen LogP contribution in [0.5, 0.6) is 0 Å². The number of hydrogen-bond acceptors (Lipinski definition) is 3. The predicted molar refractivity (Wildman–Crippen MR) is 118 cm³/mol. The van der Waals surface area contributed by atoms with E-state index in [0.29, 0.717) is 23.6 Å². The van der Waals surface area contributed by atoms with E-state index in [0.717, 1.165) is 35.2 Å². The van der Waals surface area contributed by atoms with Gasteiger partial charge in [0.25, 0.3) is 0 Å². The summed E-state index contributed by atoms with van der Waals surface area (Å²) in [6.45, 7) is 4.58. The average Bonchev–Trinajstić information content (AvgIpc) is 2.69. The third-order valence-electron chi connectivity index (χ3n) is 6.57. The molecule has 0 unspecified atom stereocenters. The third kappa shape index (κ3) is 4.18. The Bertz CT molecular complexity index is 885. The lowest BCUT2D eigenvalue weighted by Crippen LogP contribution is -2.44. The molecule has 0 spiro atoms. The van der Waals surface area contributed by atoms with Gasteiger partial charge in [0.05, 0.1) is 11.3 Å². The maximum absolute atomic E-state index is 12.7. The molecule has 1 aromatic heterocycles. The minimum absolute atomic E-state index is 0.146. The van der Waals surface area contributed by atoms with E-state index < -0.39 is 0 Å². The van der Waals surface area contributed by atoms with Crippen molar-refractivity contribution in [3.8, 4) is 0 Å². The maximum Gasteiger partial charge on any atom is 0.230 e. The van der Waals surface area contributed by atoms with Gasteiger partial charge in [-0.3, -0.25) is 9.78 Å². The number of aromatic nitrogens is 1. The monoisotopic (exact) mass is 416 g/mol. The van der Waals surface area contributed by atoms with Crippen LogP contribution in [0.15, 0.2) is 23.1 Å². The van der Waals surface area contributed by atoms with Crippen LogP contribution in [0.25, 0.3) is 10.9 Å². The van der Waals surface area contributed by atoms with Crippen LogP contribution < -0.4 is 5.32 Å². The molecule has 3 atom stereocenters. The molecule has 3 nitrogen and oxygen atoms in total. The molecule has 1 amide bonds. The molecule has 1 N–H and O–H groups in total. The Balaban J connectivity index is 1.54. The zero-order valence-electron chi connectivity index (χ0n) is 16.8. The zero-order valence-corrected chi connectivity index (χ0v) is 18.3. The standard InChI is InChI=1S/C23H29ClN2OS/c1-14-6-5-9-19(15(14)2)26-22(27)13-28-23-17-7-3-4-8-20(17)25-21-11-10-16(24)12-18(21)23/h10-12,14-15,19H,3-9,13H2,1-2H3,(H,26,27)/t14-,15-,19-/m1/s1. The molecule has 1 heterocycles. The van der Waals surface area contributed by atoms with Crippen LogP contribution >= 0.6 is 23.4 Å². The van der Waals surface area contributed by atoms with E-state index >= 15 is 0 Å². The summed E-state index contributed by atoms with van der Waals surface area (Å²) in [6, 6.07) is 6.22. The fraction of sp³-hybridized carbons (Fsp3) is 0.565. The first kappa shape index (κ1) is 20.0. The number of aryl methyl sites for hydroxylation is 1. The number of carbonyl (C=O) groups is 1. The molecule has 1 fully saturated rings. The second kappa shape index (κ2) is 8.62. The quantitative estimate of drug-likeness (QED) is 0.640. The van der Waals surface area contributed by atoms with Gasteiger partial charge in [0.2, 0.25) is 5.91 Å². The van der Waals surface area contributed by atoms with E-state index in [9.17, 15) is 4.79 Å². The van der Waals surface area contributed by atoms with Crippen LogP contribution in [-0.2, 0) is 17.6 Å². The number of nitrogens with one attached hydrogen (secondary N) is 1. The van der Waals surface area contributed by atoms with Crippen molar-refractivity contribution in [1.29, 1.82) is 0 Å². The Morgan fingerprint density at radius 3 is 2.89 bits per heavy atom.